The number of aliphatic hydroxyl groups is 2. The molecule has 0 amide bonds. The van der Waals surface area contributed by atoms with E-state index in [1.54, 1.807) is 0 Å². The Balaban J connectivity index is 1.64. The molecule has 0 heterocycles. The van der Waals surface area contributed by atoms with Gasteiger partial charge in [0.1, 0.15) is 6.10 Å². The first kappa shape index (κ1) is 15.1. The van der Waals surface area contributed by atoms with Crippen molar-refractivity contribution in [2.75, 3.05) is 0 Å². The first-order valence-electron chi connectivity index (χ1n) is 9.26. The van der Waals surface area contributed by atoms with E-state index in [1.165, 1.54) is 12.8 Å². The Kier molecular flexibility index (Phi) is 3.30. The first-order chi connectivity index (χ1) is 10.4. The van der Waals surface area contributed by atoms with Gasteiger partial charge in [-0.3, -0.25) is 4.79 Å². The molecular formula is C19H30O3. The van der Waals surface area contributed by atoms with E-state index in [4.69, 9.17) is 0 Å². The van der Waals surface area contributed by atoms with Gasteiger partial charge in [-0.25, -0.2) is 0 Å². The third kappa shape index (κ3) is 1.84. The number of ketones is 1. The number of carbonyl (C=O) groups is 1. The summed E-state index contributed by atoms with van der Waals surface area (Å²) in [6.45, 7) is 4.57. The van der Waals surface area contributed by atoms with E-state index in [1.807, 2.05) is 0 Å². The average Bonchev–Trinajstić information content (AvgIpc) is 2.72. The molecule has 4 fully saturated rings. The molecule has 4 rings (SSSR count). The maximum Gasteiger partial charge on any atom is 0.167 e. The number of fused-ring (bicyclic) bond motifs is 5. The van der Waals surface area contributed by atoms with E-state index in [9.17, 15) is 15.0 Å². The zero-order valence-corrected chi connectivity index (χ0v) is 13.9. The normalized spacial score (nSPS) is 57.9. The molecule has 124 valence electrons. The lowest BCUT2D eigenvalue weighted by Gasteiger charge is -2.59. The summed E-state index contributed by atoms with van der Waals surface area (Å²) in [7, 11) is 0. The summed E-state index contributed by atoms with van der Waals surface area (Å²) in [5.41, 5.74) is 0.0814. The first-order valence-corrected chi connectivity index (χ1v) is 9.26. The number of hydrogen-bond acceptors (Lipinski definition) is 3. The molecule has 0 saturated heterocycles. The predicted octanol–water partition coefficient (Wildman–Crippen LogP) is 2.93. The largest absolute Gasteiger partial charge is 0.393 e. The van der Waals surface area contributed by atoms with Gasteiger partial charge in [0, 0.05) is 5.41 Å². The van der Waals surface area contributed by atoms with Crippen molar-refractivity contribution in [1.82, 2.24) is 0 Å². The van der Waals surface area contributed by atoms with E-state index < -0.39 is 6.10 Å². The Labute approximate surface area is 133 Å². The molecule has 4 aliphatic rings. The molecule has 4 saturated carbocycles. The van der Waals surface area contributed by atoms with Gasteiger partial charge in [-0.2, -0.15) is 0 Å². The predicted molar refractivity (Wildman–Crippen MR) is 84.1 cm³/mol. The zero-order chi connectivity index (χ0) is 15.7. The highest BCUT2D eigenvalue weighted by molar-refractivity contribution is 5.91. The zero-order valence-electron chi connectivity index (χ0n) is 13.9. The molecule has 4 aliphatic carbocycles. The van der Waals surface area contributed by atoms with Crippen molar-refractivity contribution in [3.63, 3.8) is 0 Å². The van der Waals surface area contributed by atoms with E-state index in [0.717, 1.165) is 32.1 Å². The van der Waals surface area contributed by atoms with Crippen molar-refractivity contribution in [3.05, 3.63) is 0 Å². The van der Waals surface area contributed by atoms with Crippen LogP contribution in [0.3, 0.4) is 0 Å². The van der Waals surface area contributed by atoms with Crippen LogP contribution in [0.5, 0.6) is 0 Å². The number of Topliss-reactive ketones (excluding diaryl/α,β-unsaturated/α-hetero) is 1. The second kappa shape index (κ2) is 4.80. The summed E-state index contributed by atoms with van der Waals surface area (Å²) < 4.78 is 0. The number of hydrogen-bond donors (Lipinski definition) is 2. The van der Waals surface area contributed by atoms with Gasteiger partial charge in [0.25, 0.3) is 0 Å². The van der Waals surface area contributed by atoms with Crippen LogP contribution in [0.2, 0.25) is 0 Å². The Morgan fingerprint density at radius 3 is 2.50 bits per heavy atom. The molecule has 4 unspecified atom stereocenters. The van der Waals surface area contributed by atoms with Crippen LogP contribution >= 0.6 is 0 Å². The van der Waals surface area contributed by atoms with Crippen LogP contribution in [0.1, 0.15) is 65.2 Å². The van der Waals surface area contributed by atoms with Crippen LogP contribution in [0.4, 0.5) is 0 Å². The lowest BCUT2D eigenvalue weighted by atomic mass is 9.45. The summed E-state index contributed by atoms with van der Waals surface area (Å²) in [5, 5.41) is 20.2. The minimum Gasteiger partial charge on any atom is -0.393 e. The fourth-order valence-electron chi connectivity index (χ4n) is 7.02. The van der Waals surface area contributed by atoms with Crippen molar-refractivity contribution < 1.29 is 15.0 Å². The van der Waals surface area contributed by atoms with E-state index in [2.05, 4.69) is 13.8 Å². The van der Waals surface area contributed by atoms with Gasteiger partial charge in [-0.15, -0.1) is 0 Å². The highest BCUT2D eigenvalue weighted by atomic mass is 16.3. The Morgan fingerprint density at radius 2 is 1.73 bits per heavy atom. The quantitative estimate of drug-likeness (QED) is 0.723. The third-order valence-electron chi connectivity index (χ3n) is 8.37. The third-order valence-corrected chi connectivity index (χ3v) is 8.37. The van der Waals surface area contributed by atoms with Crippen molar-refractivity contribution in [2.45, 2.75) is 77.4 Å². The van der Waals surface area contributed by atoms with Crippen LogP contribution in [-0.2, 0) is 4.79 Å². The molecule has 0 aromatic carbocycles. The molecule has 0 aliphatic heterocycles. The van der Waals surface area contributed by atoms with Gasteiger partial charge in [-0.1, -0.05) is 13.8 Å². The van der Waals surface area contributed by atoms with Crippen molar-refractivity contribution in [1.29, 1.82) is 0 Å². The topological polar surface area (TPSA) is 57.5 Å². The smallest absolute Gasteiger partial charge is 0.167 e. The van der Waals surface area contributed by atoms with Gasteiger partial charge >= 0.3 is 0 Å². The Hall–Kier alpha value is -0.410. The summed E-state index contributed by atoms with van der Waals surface area (Å²) in [6, 6.07) is 0. The van der Waals surface area contributed by atoms with Crippen LogP contribution in [-0.4, -0.2) is 28.2 Å². The van der Waals surface area contributed by atoms with Gasteiger partial charge < -0.3 is 10.2 Å². The van der Waals surface area contributed by atoms with Crippen molar-refractivity contribution in [2.24, 2.45) is 34.5 Å². The van der Waals surface area contributed by atoms with Crippen LogP contribution in [0.25, 0.3) is 0 Å². The van der Waals surface area contributed by atoms with Crippen molar-refractivity contribution >= 4 is 5.78 Å². The number of rotatable bonds is 0. The summed E-state index contributed by atoms with van der Waals surface area (Å²) in [6.07, 6.45) is 7.43. The molecular weight excluding hydrogens is 276 g/mol. The molecule has 0 spiro atoms. The second-order valence-corrected chi connectivity index (χ2v) is 9.16. The molecule has 0 aromatic rings. The fraction of sp³-hybridized carbons (Fsp3) is 0.947. The Bertz CT molecular complexity index is 489. The summed E-state index contributed by atoms with van der Waals surface area (Å²) in [4.78, 5) is 12.5. The summed E-state index contributed by atoms with van der Waals surface area (Å²) in [5.74, 6) is 2.45. The molecule has 2 N–H and O–H groups in total. The van der Waals surface area contributed by atoms with Crippen LogP contribution < -0.4 is 0 Å². The van der Waals surface area contributed by atoms with E-state index in [0.29, 0.717) is 35.5 Å². The Morgan fingerprint density at radius 1 is 0.955 bits per heavy atom. The molecule has 0 radical (unpaired) electrons. The van der Waals surface area contributed by atoms with Gasteiger partial charge in [0.05, 0.1) is 6.10 Å². The number of carbonyl (C=O) groups excluding carboxylic acids is 1. The van der Waals surface area contributed by atoms with E-state index >= 15 is 0 Å². The van der Waals surface area contributed by atoms with Crippen LogP contribution in [0, 0.1) is 34.5 Å². The van der Waals surface area contributed by atoms with Crippen molar-refractivity contribution in [3.8, 4) is 0 Å². The molecule has 8 atom stereocenters. The number of aliphatic hydroxyl groups excluding tert-OH is 2. The minimum atomic E-state index is -0.715. The monoisotopic (exact) mass is 306 g/mol. The molecule has 22 heavy (non-hydrogen) atoms. The molecule has 3 heteroatoms. The molecule has 0 bridgehead atoms. The van der Waals surface area contributed by atoms with Gasteiger partial charge in [0.2, 0.25) is 0 Å². The maximum absolute atomic E-state index is 12.5. The van der Waals surface area contributed by atoms with Crippen LogP contribution in [0.15, 0.2) is 0 Å². The highest BCUT2D eigenvalue weighted by Crippen LogP contribution is 2.65. The highest BCUT2D eigenvalue weighted by Gasteiger charge is 2.62. The lowest BCUT2D eigenvalue weighted by Crippen LogP contribution is -2.54. The SMILES string of the molecule is C[C@]12CC[C@H](O)CC1CCC1C2CC[C@]2(C)C(=O)[C@H](O)CC12. The molecule has 0 aromatic heterocycles. The van der Waals surface area contributed by atoms with Gasteiger partial charge in [-0.05, 0) is 80.5 Å². The minimum absolute atomic E-state index is 0.0987. The maximum atomic E-state index is 12.5. The second-order valence-electron chi connectivity index (χ2n) is 9.16. The lowest BCUT2D eigenvalue weighted by molar-refractivity contribution is -0.144. The standard InChI is InChI=1S/C19H30O3/c1-18-7-5-12(20)9-11(18)3-4-13-14(18)6-8-19(2)15(13)10-16(21)17(19)22/h11-16,20-21H,3-10H2,1-2H3/t11?,12-,13?,14?,15?,16+,18-,19-/m0/s1. The summed E-state index contributed by atoms with van der Waals surface area (Å²) >= 11 is 0. The fourth-order valence-corrected chi connectivity index (χ4v) is 7.02. The molecule has 3 nitrogen and oxygen atoms in total. The van der Waals surface area contributed by atoms with Gasteiger partial charge in [0.15, 0.2) is 5.78 Å². The van der Waals surface area contributed by atoms with E-state index in [-0.39, 0.29) is 17.3 Å². The average molecular weight is 306 g/mol.